The van der Waals surface area contributed by atoms with Gasteiger partial charge in [-0.25, -0.2) is 0 Å². The van der Waals surface area contributed by atoms with Crippen LogP contribution in [0.25, 0.3) is 0 Å². The molecule has 19 heavy (non-hydrogen) atoms. The molecule has 0 aliphatic rings. The summed E-state index contributed by atoms with van der Waals surface area (Å²) in [6.07, 6.45) is 1.49. The van der Waals surface area contributed by atoms with Crippen LogP contribution in [0.4, 0.5) is 0 Å². The van der Waals surface area contributed by atoms with Gasteiger partial charge in [-0.05, 0) is 46.7 Å². The fraction of sp³-hybridized carbons (Fsp3) is 0.929. The first-order valence-electron chi connectivity index (χ1n) is 7.08. The molecule has 0 radical (unpaired) electrons. The van der Waals surface area contributed by atoms with E-state index in [1.165, 1.54) is 0 Å². The highest BCUT2D eigenvalue weighted by Crippen LogP contribution is 2.14. The second-order valence-electron chi connectivity index (χ2n) is 5.39. The summed E-state index contributed by atoms with van der Waals surface area (Å²) in [7, 11) is 1.70. The Balaban J connectivity index is 4.24. The molecule has 1 atom stereocenters. The number of nitrogens with zero attached hydrogens (tertiary/aromatic N) is 1. The lowest BCUT2D eigenvalue weighted by Crippen LogP contribution is -2.50. The molecule has 5 heteroatoms. The lowest BCUT2D eigenvalue weighted by Gasteiger charge is -2.29. The first kappa shape index (κ1) is 18.4. The van der Waals surface area contributed by atoms with E-state index in [0.29, 0.717) is 25.6 Å². The van der Waals surface area contributed by atoms with E-state index in [4.69, 9.17) is 4.74 Å². The van der Waals surface area contributed by atoms with Gasteiger partial charge in [0.25, 0.3) is 0 Å². The van der Waals surface area contributed by atoms with Crippen LogP contribution in [-0.4, -0.2) is 60.9 Å². The number of carboxylic acid groups (broad SMARTS) is 1. The number of ether oxygens (including phenoxy) is 1. The lowest BCUT2D eigenvalue weighted by molar-refractivity contribution is -0.144. The highest BCUT2D eigenvalue weighted by molar-refractivity contribution is 5.78. The third-order valence-corrected chi connectivity index (χ3v) is 3.47. The molecule has 2 N–H and O–H groups in total. The van der Waals surface area contributed by atoms with Crippen LogP contribution < -0.4 is 5.32 Å². The Morgan fingerprint density at radius 1 is 1.42 bits per heavy atom. The van der Waals surface area contributed by atoms with Gasteiger partial charge in [-0.1, -0.05) is 6.92 Å². The van der Waals surface area contributed by atoms with Crippen molar-refractivity contribution in [3.05, 3.63) is 0 Å². The number of hydrogen-bond donors (Lipinski definition) is 2. The van der Waals surface area contributed by atoms with E-state index in [1.54, 1.807) is 14.0 Å². The summed E-state index contributed by atoms with van der Waals surface area (Å²) in [4.78, 5) is 13.6. The van der Waals surface area contributed by atoms with Crippen molar-refractivity contribution < 1.29 is 14.6 Å². The van der Waals surface area contributed by atoms with Crippen molar-refractivity contribution >= 4 is 5.97 Å². The van der Waals surface area contributed by atoms with E-state index < -0.39 is 11.5 Å². The van der Waals surface area contributed by atoms with Crippen LogP contribution in [0, 0.1) is 0 Å². The van der Waals surface area contributed by atoms with Crippen LogP contribution in [0.3, 0.4) is 0 Å². The van der Waals surface area contributed by atoms with Gasteiger partial charge in [0.2, 0.25) is 0 Å². The molecule has 0 aromatic carbocycles. The molecule has 0 saturated carbocycles. The molecule has 0 aromatic rings. The number of rotatable bonds is 11. The molecule has 0 amide bonds. The standard InChI is InChI=1S/C14H30N2O3/c1-6-15-14(4,13(17)18)8-7-9-16(12(2)3)10-11-19-5/h12,15H,6-11H2,1-5H3,(H,17,18). The Kier molecular flexibility index (Phi) is 8.97. The summed E-state index contributed by atoms with van der Waals surface area (Å²) >= 11 is 0. The highest BCUT2D eigenvalue weighted by Gasteiger charge is 2.31. The summed E-state index contributed by atoms with van der Waals surface area (Å²) < 4.78 is 5.10. The Morgan fingerprint density at radius 3 is 2.47 bits per heavy atom. The minimum atomic E-state index is -0.821. The zero-order valence-corrected chi connectivity index (χ0v) is 13.0. The number of hydrogen-bond acceptors (Lipinski definition) is 4. The Bertz CT molecular complexity index is 259. The molecule has 0 bridgehead atoms. The van der Waals surface area contributed by atoms with Crippen molar-refractivity contribution in [2.24, 2.45) is 0 Å². The topological polar surface area (TPSA) is 61.8 Å². The third kappa shape index (κ3) is 6.89. The second kappa shape index (κ2) is 9.28. The number of carboxylic acids is 1. The summed E-state index contributed by atoms with van der Waals surface area (Å²) in [5, 5.41) is 12.3. The van der Waals surface area contributed by atoms with Crippen LogP contribution in [0.1, 0.15) is 40.5 Å². The van der Waals surface area contributed by atoms with Gasteiger partial charge in [0.05, 0.1) is 6.61 Å². The van der Waals surface area contributed by atoms with E-state index >= 15 is 0 Å². The van der Waals surface area contributed by atoms with Crippen molar-refractivity contribution in [3.63, 3.8) is 0 Å². The van der Waals surface area contributed by atoms with E-state index in [0.717, 1.165) is 19.5 Å². The van der Waals surface area contributed by atoms with Crippen LogP contribution in [0.2, 0.25) is 0 Å². The number of aliphatic carboxylic acids is 1. The number of likely N-dealkylation sites (N-methyl/N-ethyl adjacent to an activating group) is 1. The molecule has 0 spiro atoms. The van der Waals surface area contributed by atoms with Crippen molar-refractivity contribution in [2.45, 2.75) is 52.1 Å². The lowest BCUT2D eigenvalue weighted by atomic mass is 9.95. The number of nitrogens with one attached hydrogen (secondary N) is 1. The summed E-state index contributed by atoms with van der Waals surface area (Å²) in [6, 6.07) is 0.449. The average Bonchev–Trinajstić information content (AvgIpc) is 2.33. The predicted octanol–water partition coefficient (Wildman–Crippen LogP) is 1.58. The summed E-state index contributed by atoms with van der Waals surface area (Å²) in [5.74, 6) is -0.776. The van der Waals surface area contributed by atoms with Crippen molar-refractivity contribution in [2.75, 3.05) is 33.4 Å². The van der Waals surface area contributed by atoms with E-state index in [9.17, 15) is 9.90 Å². The zero-order valence-electron chi connectivity index (χ0n) is 13.0. The van der Waals surface area contributed by atoms with Crippen LogP contribution in [0.5, 0.6) is 0 Å². The van der Waals surface area contributed by atoms with Crippen LogP contribution in [0.15, 0.2) is 0 Å². The van der Waals surface area contributed by atoms with Gasteiger partial charge in [0.15, 0.2) is 0 Å². The predicted molar refractivity (Wildman–Crippen MR) is 77.5 cm³/mol. The first-order chi connectivity index (χ1) is 8.87. The van der Waals surface area contributed by atoms with E-state index in [2.05, 4.69) is 24.1 Å². The van der Waals surface area contributed by atoms with Gasteiger partial charge >= 0.3 is 5.97 Å². The van der Waals surface area contributed by atoms with Crippen LogP contribution in [-0.2, 0) is 9.53 Å². The largest absolute Gasteiger partial charge is 0.480 e. The molecular weight excluding hydrogens is 244 g/mol. The van der Waals surface area contributed by atoms with Gasteiger partial charge in [0, 0.05) is 19.7 Å². The van der Waals surface area contributed by atoms with Gasteiger partial charge < -0.3 is 15.2 Å². The molecule has 0 aliphatic carbocycles. The molecule has 0 heterocycles. The summed E-state index contributed by atoms with van der Waals surface area (Å²) in [5.41, 5.74) is -0.821. The van der Waals surface area contributed by atoms with Crippen molar-refractivity contribution in [3.8, 4) is 0 Å². The fourth-order valence-corrected chi connectivity index (χ4v) is 2.13. The molecule has 114 valence electrons. The number of methoxy groups -OCH3 is 1. The SMILES string of the molecule is CCNC(C)(CCCN(CCOC)C(C)C)C(=O)O. The van der Waals surface area contributed by atoms with Gasteiger partial charge in [-0.15, -0.1) is 0 Å². The molecule has 1 unspecified atom stereocenters. The second-order valence-corrected chi connectivity index (χ2v) is 5.39. The monoisotopic (exact) mass is 274 g/mol. The van der Waals surface area contributed by atoms with Crippen LogP contribution >= 0.6 is 0 Å². The van der Waals surface area contributed by atoms with Gasteiger partial charge in [-0.3, -0.25) is 9.69 Å². The maximum atomic E-state index is 11.3. The fourth-order valence-electron chi connectivity index (χ4n) is 2.13. The van der Waals surface area contributed by atoms with E-state index in [1.807, 2.05) is 6.92 Å². The first-order valence-corrected chi connectivity index (χ1v) is 7.08. The maximum Gasteiger partial charge on any atom is 0.323 e. The van der Waals surface area contributed by atoms with Crippen molar-refractivity contribution in [1.29, 1.82) is 0 Å². The average molecular weight is 274 g/mol. The molecule has 0 aromatic heterocycles. The normalized spacial score (nSPS) is 14.9. The molecule has 5 nitrogen and oxygen atoms in total. The Hall–Kier alpha value is -0.650. The van der Waals surface area contributed by atoms with Gasteiger partial charge in [-0.2, -0.15) is 0 Å². The van der Waals surface area contributed by atoms with Gasteiger partial charge in [0.1, 0.15) is 5.54 Å². The van der Waals surface area contributed by atoms with Crippen molar-refractivity contribution in [1.82, 2.24) is 10.2 Å². The maximum absolute atomic E-state index is 11.3. The number of carbonyl (C=O) groups is 1. The van der Waals surface area contributed by atoms with E-state index in [-0.39, 0.29) is 0 Å². The molecular formula is C14H30N2O3. The minimum Gasteiger partial charge on any atom is -0.480 e. The quantitative estimate of drug-likeness (QED) is 0.599. The molecule has 0 saturated heterocycles. The summed E-state index contributed by atoms with van der Waals surface area (Å²) in [6.45, 7) is 11.1. The highest BCUT2D eigenvalue weighted by atomic mass is 16.5. The third-order valence-electron chi connectivity index (χ3n) is 3.47. The Labute approximate surface area is 117 Å². The zero-order chi connectivity index (χ0) is 14.9. The molecule has 0 aliphatic heterocycles. The smallest absolute Gasteiger partial charge is 0.323 e. The minimum absolute atomic E-state index is 0.449. The Morgan fingerprint density at radius 2 is 2.05 bits per heavy atom. The molecule has 0 fully saturated rings. The molecule has 0 rings (SSSR count).